The maximum absolute atomic E-state index is 12.0. The van der Waals surface area contributed by atoms with Gasteiger partial charge in [-0.3, -0.25) is 4.79 Å². The number of carbonyl (C=O) groups excluding carboxylic acids is 1. The fraction of sp³-hybridized carbons (Fsp3) is 0.929. The van der Waals surface area contributed by atoms with Gasteiger partial charge >= 0.3 is 0 Å². The third kappa shape index (κ3) is 3.23. The van der Waals surface area contributed by atoms with Crippen LogP contribution in [0.2, 0.25) is 0 Å². The number of nitrogens with zero attached hydrogens (tertiary/aromatic N) is 1. The maximum Gasteiger partial charge on any atom is 0.220 e. The number of hydrogen-bond acceptors (Lipinski definition) is 3. The average molecular weight is 253 g/mol. The Kier molecular flexibility index (Phi) is 4.62. The summed E-state index contributed by atoms with van der Waals surface area (Å²) < 4.78 is 0. The van der Waals surface area contributed by atoms with E-state index >= 15 is 0 Å². The van der Waals surface area contributed by atoms with Crippen molar-refractivity contribution in [2.75, 3.05) is 33.7 Å². The molecule has 1 unspecified atom stereocenters. The first-order chi connectivity index (χ1) is 8.62. The van der Waals surface area contributed by atoms with Crippen LogP contribution >= 0.6 is 0 Å². The van der Waals surface area contributed by atoms with Crippen LogP contribution in [0.15, 0.2) is 0 Å². The zero-order valence-electron chi connectivity index (χ0n) is 11.8. The summed E-state index contributed by atoms with van der Waals surface area (Å²) >= 11 is 0. The lowest BCUT2D eigenvalue weighted by atomic mass is 9.95. The van der Waals surface area contributed by atoms with Crippen LogP contribution in [0.5, 0.6) is 0 Å². The number of amides is 1. The summed E-state index contributed by atoms with van der Waals surface area (Å²) in [4.78, 5) is 14.3. The number of hydrogen-bond donors (Lipinski definition) is 2. The van der Waals surface area contributed by atoms with E-state index in [0.29, 0.717) is 12.3 Å². The summed E-state index contributed by atoms with van der Waals surface area (Å²) in [5.74, 6) is 0.778. The molecule has 1 amide bonds. The van der Waals surface area contributed by atoms with E-state index in [1.165, 1.54) is 25.7 Å². The Bertz CT molecular complexity index is 279. The molecule has 1 aliphatic carbocycles. The molecular weight excluding hydrogens is 226 g/mol. The monoisotopic (exact) mass is 253 g/mol. The van der Waals surface area contributed by atoms with E-state index in [2.05, 4.69) is 29.6 Å². The predicted octanol–water partition coefficient (Wildman–Crippen LogP) is 0.977. The number of rotatable bonds is 5. The first-order valence-corrected chi connectivity index (χ1v) is 7.27. The molecule has 4 heteroatoms. The third-order valence-electron chi connectivity index (χ3n) is 4.73. The maximum atomic E-state index is 12.0. The lowest BCUT2D eigenvalue weighted by molar-refractivity contribution is -0.122. The van der Waals surface area contributed by atoms with Gasteiger partial charge in [0.2, 0.25) is 5.91 Å². The predicted molar refractivity (Wildman–Crippen MR) is 73.5 cm³/mol. The molecule has 2 N–H and O–H groups in total. The van der Waals surface area contributed by atoms with Crippen LogP contribution < -0.4 is 10.6 Å². The second kappa shape index (κ2) is 6.02. The fourth-order valence-electron chi connectivity index (χ4n) is 3.30. The Labute approximate surface area is 110 Å². The second-order valence-corrected chi connectivity index (χ2v) is 6.17. The van der Waals surface area contributed by atoms with Crippen LogP contribution in [0.3, 0.4) is 0 Å². The van der Waals surface area contributed by atoms with Crippen molar-refractivity contribution in [3.63, 3.8) is 0 Å². The van der Waals surface area contributed by atoms with Crippen molar-refractivity contribution in [1.82, 2.24) is 15.5 Å². The molecule has 2 fully saturated rings. The van der Waals surface area contributed by atoms with Gasteiger partial charge in [-0.1, -0.05) is 12.8 Å². The summed E-state index contributed by atoms with van der Waals surface area (Å²) in [6.07, 6.45) is 6.85. The normalized spacial score (nSPS) is 26.7. The first-order valence-electron chi connectivity index (χ1n) is 7.27. The molecule has 0 spiro atoms. The SMILES string of the molecule is CN(C)C1(CNC(=O)CC2CCNC2)CCCC1. The van der Waals surface area contributed by atoms with Crippen LogP contribution in [-0.2, 0) is 4.79 Å². The van der Waals surface area contributed by atoms with Gasteiger partial charge in [-0.15, -0.1) is 0 Å². The summed E-state index contributed by atoms with van der Waals surface area (Å²) in [7, 11) is 4.27. The van der Waals surface area contributed by atoms with Crippen molar-refractivity contribution in [1.29, 1.82) is 0 Å². The Hall–Kier alpha value is -0.610. The van der Waals surface area contributed by atoms with Gasteiger partial charge in [0.05, 0.1) is 0 Å². The van der Waals surface area contributed by atoms with Gasteiger partial charge < -0.3 is 15.5 Å². The van der Waals surface area contributed by atoms with Crippen LogP contribution in [-0.4, -0.2) is 50.1 Å². The van der Waals surface area contributed by atoms with E-state index in [9.17, 15) is 4.79 Å². The quantitative estimate of drug-likeness (QED) is 0.767. The lowest BCUT2D eigenvalue weighted by Gasteiger charge is -2.36. The molecular formula is C14H27N3O. The van der Waals surface area contributed by atoms with E-state index in [0.717, 1.165) is 26.1 Å². The van der Waals surface area contributed by atoms with Crippen LogP contribution in [0.25, 0.3) is 0 Å². The number of nitrogens with one attached hydrogen (secondary N) is 2. The minimum absolute atomic E-state index is 0.212. The van der Waals surface area contributed by atoms with Gasteiger partial charge in [-0.2, -0.15) is 0 Å². The molecule has 1 saturated heterocycles. The molecule has 0 radical (unpaired) electrons. The van der Waals surface area contributed by atoms with Crippen molar-refractivity contribution in [3.05, 3.63) is 0 Å². The summed E-state index contributed by atoms with van der Waals surface area (Å²) in [5, 5.41) is 6.48. The largest absolute Gasteiger partial charge is 0.354 e. The van der Waals surface area contributed by atoms with Crippen molar-refractivity contribution in [2.24, 2.45) is 5.92 Å². The van der Waals surface area contributed by atoms with Gasteiger partial charge in [-0.25, -0.2) is 0 Å². The zero-order chi connectivity index (χ0) is 13.0. The van der Waals surface area contributed by atoms with Crippen molar-refractivity contribution in [3.8, 4) is 0 Å². The smallest absolute Gasteiger partial charge is 0.220 e. The molecule has 1 heterocycles. The van der Waals surface area contributed by atoms with E-state index in [-0.39, 0.29) is 11.4 Å². The Morgan fingerprint density at radius 1 is 1.39 bits per heavy atom. The van der Waals surface area contributed by atoms with E-state index in [1.807, 2.05) is 0 Å². The summed E-state index contributed by atoms with van der Waals surface area (Å²) in [6.45, 7) is 2.89. The molecule has 0 aromatic rings. The van der Waals surface area contributed by atoms with Crippen LogP contribution in [0.4, 0.5) is 0 Å². The third-order valence-corrected chi connectivity index (χ3v) is 4.73. The lowest BCUT2D eigenvalue weighted by Crippen LogP contribution is -2.51. The first kappa shape index (κ1) is 13.8. The molecule has 0 bridgehead atoms. The highest BCUT2D eigenvalue weighted by Crippen LogP contribution is 2.33. The van der Waals surface area contributed by atoms with Crippen molar-refractivity contribution >= 4 is 5.91 Å². The molecule has 1 atom stereocenters. The Balaban J connectivity index is 1.76. The minimum atomic E-state index is 0.212. The van der Waals surface area contributed by atoms with Crippen molar-refractivity contribution in [2.45, 2.75) is 44.1 Å². The van der Waals surface area contributed by atoms with Gasteiger partial charge in [0.1, 0.15) is 0 Å². The fourth-order valence-corrected chi connectivity index (χ4v) is 3.30. The van der Waals surface area contributed by atoms with E-state index in [1.54, 1.807) is 0 Å². The van der Waals surface area contributed by atoms with Gasteiger partial charge in [0.15, 0.2) is 0 Å². The summed E-state index contributed by atoms with van der Waals surface area (Å²) in [5.41, 5.74) is 0.212. The number of likely N-dealkylation sites (N-methyl/N-ethyl adjacent to an activating group) is 1. The Morgan fingerprint density at radius 3 is 2.67 bits per heavy atom. The highest BCUT2D eigenvalue weighted by molar-refractivity contribution is 5.76. The van der Waals surface area contributed by atoms with Gasteiger partial charge in [0, 0.05) is 18.5 Å². The topological polar surface area (TPSA) is 44.4 Å². The minimum Gasteiger partial charge on any atom is -0.354 e. The number of carbonyl (C=O) groups is 1. The molecule has 104 valence electrons. The highest BCUT2D eigenvalue weighted by atomic mass is 16.1. The zero-order valence-corrected chi connectivity index (χ0v) is 11.8. The van der Waals surface area contributed by atoms with Crippen molar-refractivity contribution < 1.29 is 4.79 Å². The standard InChI is InChI=1S/C14H27N3O/c1-17(2)14(6-3-4-7-14)11-16-13(18)9-12-5-8-15-10-12/h12,15H,3-11H2,1-2H3,(H,16,18). The molecule has 4 nitrogen and oxygen atoms in total. The molecule has 0 aromatic carbocycles. The molecule has 2 rings (SSSR count). The van der Waals surface area contributed by atoms with Crippen LogP contribution in [0.1, 0.15) is 38.5 Å². The molecule has 1 aliphatic heterocycles. The van der Waals surface area contributed by atoms with Gasteiger partial charge in [-0.05, 0) is 52.4 Å². The molecule has 1 saturated carbocycles. The average Bonchev–Trinajstić information content (AvgIpc) is 2.97. The second-order valence-electron chi connectivity index (χ2n) is 6.17. The van der Waals surface area contributed by atoms with E-state index < -0.39 is 0 Å². The molecule has 18 heavy (non-hydrogen) atoms. The Morgan fingerprint density at radius 2 is 2.11 bits per heavy atom. The molecule has 0 aromatic heterocycles. The van der Waals surface area contributed by atoms with Gasteiger partial charge in [0.25, 0.3) is 0 Å². The molecule has 2 aliphatic rings. The van der Waals surface area contributed by atoms with Crippen LogP contribution in [0, 0.1) is 5.92 Å². The summed E-state index contributed by atoms with van der Waals surface area (Å²) in [6, 6.07) is 0. The highest BCUT2D eigenvalue weighted by Gasteiger charge is 2.36. The van der Waals surface area contributed by atoms with E-state index in [4.69, 9.17) is 0 Å².